The Morgan fingerprint density at radius 2 is 1.70 bits per heavy atom. The second-order valence-electron chi connectivity index (χ2n) is 5.81. The largest absolute Gasteiger partial charge is 0.353 e. The Labute approximate surface area is 153 Å². The number of halogens is 1. The molecule has 0 spiro atoms. The summed E-state index contributed by atoms with van der Waals surface area (Å²) in [6.07, 6.45) is 1.53. The lowest BCUT2D eigenvalue weighted by molar-refractivity contribution is -0.121. The molecule has 0 fully saturated rings. The summed E-state index contributed by atoms with van der Waals surface area (Å²) in [4.78, 5) is 36.1. The van der Waals surface area contributed by atoms with Gasteiger partial charge in [-0.1, -0.05) is 18.2 Å². The van der Waals surface area contributed by atoms with Crippen molar-refractivity contribution >= 4 is 22.6 Å². The third kappa shape index (κ3) is 4.55. The molecule has 3 rings (SSSR count). The Kier molecular flexibility index (Phi) is 5.55. The van der Waals surface area contributed by atoms with E-state index in [1.54, 1.807) is 24.3 Å². The van der Waals surface area contributed by atoms with Crippen molar-refractivity contribution in [3.63, 3.8) is 0 Å². The molecule has 0 aliphatic rings. The van der Waals surface area contributed by atoms with Gasteiger partial charge in [0.15, 0.2) is 0 Å². The van der Waals surface area contributed by atoms with Crippen LogP contribution >= 0.6 is 0 Å². The van der Waals surface area contributed by atoms with Gasteiger partial charge in [-0.3, -0.25) is 14.4 Å². The number of aromatic nitrogens is 2. The van der Waals surface area contributed by atoms with Crippen molar-refractivity contribution in [1.29, 1.82) is 0 Å². The Balaban J connectivity index is 1.49. The first-order valence-electron chi connectivity index (χ1n) is 8.30. The van der Waals surface area contributed by atoms with Gasteiger partial charge in [0.1, 0.15) is 12.4 Å². The topological polar surface area (TPSA) is 93.1 Å². The van der Waals surface area contributed by atoms with Crippen LogP contribution in [0.3, 0.4) is 0 Å². The minimum Gasteiger partial charge on any atom is -0.353 e. The summed E-state index contributed by atoms with van der Waals surface area (Å²) in [7, 11) is 0. The predicted molar refractivity (Wildman–Crippen MR) is 97.7 cm³/mol. The zero-order valence-electron chi connectivity index (χ0n) is 14.3. The molecule has 0 bridgehead atoms. The standard InChI is InChI=1S/C19H17FN4O3/c20-15-7-5-13(6-8-15)18(26)22-10-9-21-17(25)12-24-19(27)16-4-2-1-3-14(16)11-23-24/h1-8,11H,9-10,12H2,(H,21,25)(H,22,26). The van der Waals surface area contributed by atoms with Crippen LogP contribution in [0.15, 0.2) is 59.5 Å². The molecule has 1 aromatic heterocycles. The van der Waals surface area contributed by atoms with Crippen molar-refractivity contribution in [3.8, 4) is 0 Å². The van der Waals surface area contributed by atoms with E-state index in [1.165, 1.54) is 30.5 Å². The molecule has 2 N–H and O–H groups in total. The SMILES string of the molecule is O=C(Cn1ncc2ccccc2c1=O)NCCNC(=O)c1ccc(F)cc1. The Morgan fingerprint density at radius 1 is 1.00 bits per heavy atom. The highest BCUT2D eigenvalue weighted by molar-refractivity contribution is 5.94. The maximum Gasteiger partial charge on any atom is 0.275 e. The lowest BCUT2D eigenvalue weighted by atomic mass is 10.2. The van der Waals surface area contributed by atoms with Crippen molar-refractivity contribution < 1.29 is 14.0 Å². The number of fused-ring (bicyclic) bond motifs is 1. The molecule has 0 saturated heterocycles. The van der Waals surface area contributed by atoms with Gasteiger partial charge in [-0.2, -0.15) is 5.10 Å². The highest BCUT2D eigenvalue weighted by Gasteiger charge is 2.09. The van der Waals surface area contributed by atoms with Gasteiger partial charge in [0.25, 0.3) is 11.5 Å². The fourth-order valence-electron chi connectivity index (χ4n) is 2.51. The van der Waals surface area contributed by atoms with Gasteiger partial charge in [0.05, 0.1) is 11.6 Å². The lowest BCUT2D eigenvalue weighted by Crippen LogP contribution is -2.38. The molecule has 0 saturated carbocycles. The maximum atomic E-state index is 12.8. The summed E-state index contributed by atoms with van der Waals surface area (Å²) in [5, 5.41) is 10.4. The van der Waals surface area contributed by atoms with Crippen LogP contribution in [-0.4, -0.2) is 34.7 Å². The Hall–Kier alpha value is -3.55. The van der Waals surface area contributed by atoms with E-state index in [2.05, 4.69) is 15.7 Å². The van der Waals surface area contributed by atoms with Crippen molar-refractivity contribution in [1.82, 2.24) is 20.4 Å². The molecule has 7 nitrogen and oxygen atoms in total. The van der Waals surface area contributed by atoms with Crippen LogP contribution in [0.4, 0.5) is 4.39 Å². The van der Waals surface area contributed by atoms with Crippen molar-refractivity contribution in [3.05, 3.63) is 76.5 Å². The van der Waals surface area contributed by atoms with Crippen molar-refractivity contribution in [2.24, 2.45) is 0 Å². The Morgan fingerprint density at radius 3 is 2.48 bits per heavy atom. The van der Waals surface area contributed by atoms with Crippen LogP contribution in [0, 0.1) is 5.82 Å². The zero-order valence-corrected chi connectivity index (χ0v) is 14.3. The average Bonchev–Trinajstić information content (AvgIpc) is 2.68. The highest BCUT2D eigenvalue weighted by atomic mass is 19.1. The van der Waals surface area contributed by atoms with E-state index in [9.17, 15) is 18.8 Å². The first kappa shape index (κ1) is 18.2. The molecule has 2 amide bonds. The third-order valence-electron chi connectivity index (χ3n) is 3.89. The number of carbonyl (C=O) groups is 2. The number of nitrogens with zero attached hydrogens (tertiary/aromatic N) is 2. The number of nitrogens with one attached hydrogen (secondary N) is 2. The molecular weight excluding hydrogens is 351 g/mol. The van der Waals surface area contributed by atoms with Gasteiger partial charge >= 0.3 is 0 Å². The molecule has 0 atom stereocenters. The van der Waals surface area contributed by atoms with Gasteiger partial charge in [0, 0.05) is 24.0 Å². The van der Waals surface area contributed by atoms with E-state index in [-0.39, 0.29) is 31.1 Å². The fraction of sp³-hybridized carbons (Fsp3) is 0.158. The molecular formula is C19H17FN4O3. The summed E-state index contributed by atoms with van der Waals surface area (Å²) >= 11 is 0. The number of hydrogen-bond acceptors (Lipinski definition) is 4. The third-order valence-corrected chi connectivity index (χ3v) is 3.89. The summed E-state index contributed by atoms with van der Waals surface area (Å²) in [6, 6.07) is 12.2. The molecule has 0 unspecified atom stereocenters. The number of benzene rings is 2. The fourth-order valence-corrected chi connectivity index (χ4v) is 2.51. The minimum absolute atomic E-state index is 0.189. The average molecular weight is 368 g/mol. The number of hydrogen-bond donors (Lipinski definition) is 2. The molecule has 0 radical (unpaired) electrons. The lowest BCUT2D eigenvalue weighted by Gasteiger charge is -2.08. The monoisotopic (exact) mass is 368 g/mol. The van der Waals surface area contributed by atoms with Crippen LogP contribution in [0.25, 0.3) is 10.8 Å². The minimum atomic E-state index is -0.420. The molecule has 8 heteroatoms. The van der Waals surface area contributed by atoms with E-state index in [4.69, 9.17) is 0 Å². The number of amides is 2. The summed E-state index contributed by atoms with van der Waals surface area (Å²) in [5.41, 5.74) is -0.0116. The van der Waals surface area contributed by atoms with Crippen LogP contribution in [-0.2, 0) is 11.3 Å². The molecule has 0 aliphatic heterocycles. The quantitative estimate of drug-likeness (QED) is 0.637. The summed E-state index contributed by atoms with van der Waals surface area (Å²) < 4.78 is 13.9. The van der Waals surface area contributed by atoms with E-state index in [0.29, 0.717) is 16.3 Å². The van der Waals surface area contributed by atoms with Gasteiger partial charge in [-0.25, -0.2) is 9.07 Å². The second kappa shape index (κ2) is 8.22. The second-order valence-corrected chi connectivity index (χ2v) is 5.81. The first-order valence-corrected chi connectivity index (χ1v) is 8.30. The summed E-state index contributed by atoms with van der Waals surface area (Å²) in [5.74, 6) is -1.18. The number of rotatable bonds is 6. The van der Waals surface area contributed by atoms with Gasteiger partial charge in [0.2, 0.25) is 5.91 Å². The first-order chi connectivity index (χ1) is 13.0. The van der Waals surface area contributed by atoms with E-state index in [1.807, 2.05) is 0 Å². The van der Waals surface area contributed by atoms with E-state index in [0.717, 1.165) is 4.68 Å². The molecule has 27 heavy (non-hydrogen) atoms. The molecule has 138 valence electrons. The molecule has 2 aromatic carbocycles. The predicted octanol–water partition coefficient (Wildman–Crippen LogP) is 1.08. The summed E-state index contributed by atoms with van der Waals surface area (Å²) in [6.45, 7) is 0.172. The van der Waals surface area contributed by atoms with Crippen molar-refractivity contribution in [2.75, 3.05) is 13.1 Å². The molecule has 3 aromatic rings. The zero-order chi connectivity index (χ0) is 19.2. The smallest absolute Gasteiger partial charge is 0.275 e. The van der Waals surface area contributed by atoms with E-state index >= 15 is 0 Å². The van der Waals surface area contributed by atoms with Gasteiger partial charge in [-0.15, -0.1) is 0 Å². The number of carbonyl (C=O) groups excluding carboxylic acids is 2. The van der Waals surface area contributed by atoms with E-state index < -0.39 is 11.7 Å². The van der Waals surface area contributed by atoms with Crippen LogP contribution in [0.2, 0.25) is 0 Å². The maximum absolute atomic E-state index is 12.8. The molecule has 1 heterocycles. The van der Waals surface area contributed by atoms with Gasteiger partial charge < -0.3 is 10.6 Å². The highest BCUT2D eigenvalue weighted by Crippen LogP contribution is 2.06. The van der Waals surface area contributed by atoms with Crippen LogP contribution in [0.5, 0.6) is 0 Å². The van der Waals surface area contributed by atoms with Gasteiger partial charge in [-0.05, 0) is 30.3 Å². The van der Waals surface area contributed by atoms with Crippen LogP contribution < -0.4 is 16.2 Å². The normalized spacial score (nSPS) is 10.6. The van der Waals surface area contributed by atoms with Crippen LogP contribution in [0.1, 0.15) is 10.4 Å². The Bertz CT molecular complexity index is 1030. The van der Waals surface area contributed by atoms with Crippen molar-refractivity contribution in [2.45, 2.75) is 6.54 Å². The molecule has 0 aliphatic carbocycles.